The Morgan fingerprint density at radius 2 is 2.00 bits per heavy atom. The molecule has 3 aromatic rings. The number of nitrogens with zero attached hydrogens (tertiary/aromatic N) is 4. The van der Waals surface area contributed by atoms with Crippen molar-refractivity contribution in [3.63, 3.8) is 0 Å². The van der Waals surface area contributed by atoms with Crippen LogP contribution in [0.3, 0.4) is 0 Å². The van der Waals surface area contributed by atoms with Gasteiger partial charge in [0.25, 0.3) is 0 Å². The molecule has 0 amide bonds. The lowest BCUT2D eigenvalue weighted by atomic mass is 10.2. The van der Waals surface area contributed by atoms with Gasteiger partial charge in [0.15, 0.2) is 5.43 Å². The van der Waals surface area contributed by atoms with Gasteiger partial charge in [0, 0.05) is 17.1 Å². The molecule has 2 aromatic heterocycles. The summed E-state index contributed by atoms with van der Waals surface area (Å²) in [5.74, 6) is 1.45. The van der Waals surface area contributed by atoms with Gasteiger partial charge in [-0.1, -0.05) is 19.1 Å². The van der Waals surface area contributed by atoms with Crippen molar-refractivity contribution >= 4 is 10.9 Å². The van der Waals surface area contributed by atoms with Gasteiger partial charge in [0.2, 0.25) is 0 Å². The summed E-state index contributed by atoms with van der Waals surface area (Å²) < 4.78 is 3.82. The van der Waals surface area contributed by atoms with E-state index in [-0.39, 0.29) is 5.43 Å². The van der Waals surface area contributed by atoms with E-state index in [1.54, 1.807) is 10.7 Å². The Kier molecular flexibility index (Phi) is 4.49. The number of hydrogen-bond donors (Lipinski definition) is 1. The predicted molar refractivity (Wildman–Crippen MR) is 93.1 cm³/mol. The Hall–Kier alpha value is -2.47. The first-order chi connectivity index (χ1) is 11.5. The van der Waals surface area contributed by atoms with Crippen LogP contribution >= 0.6 is 0 Å². The lowest BCUT2D eigenvalue weighted by Crippen LogP contribution is -2.20. The minimum Gasteiger partial charge on any atom is -0.391 e. The highest BCUT2D eigenvalue weighted by molar-refractivity contribution is 5.79. The summed E-state index contributed by atoms with van der Waals surface area (Å²) in [6.45, 7) is 6.62. The Morgan fingerprint density at radius 1 is 1.25 bits per heavy atom. The normalized spacial score (nSPS) is 12.7. The zero-order valence-electron chi connectivity index (χ0n) is 14.2. The molecule has 1 atom stereocenters. The number of hydrogen-bond acceptors (Lipinski definition) is 4. The number of rotatable bonds is 5. The first kappa shape index (κ1) is 16.4. The monoisotopic (exact) mass is 326 g/mol. The molecule has 0 aliphatic rings. The van der Waals surface area contributed by atoms with E-state index >= 15 is 0 Å². The van der Waals surface area contributed by atoms with Gasteiger partial charge in [0.05, 0.1) is 24.7 Å². The zero-order valence-corrected chi connectivity index (χ0v) is 14.2. The molecule has 6 nitrogen and oxygen atoms in total. The van der Waals surface area contributed by atoms with Crippen LogP contribution in [0.5, 0.6) is 0 Å². The fraction of sp³-hybridized carbons (Fsp3) is 0.389. The van der Waals surface area contributed by atoms with Gasteiger partial charge in [-0.15, -0.1) is 0 Å². The molecule has 0 fully saturated rings. The van der Waals surface area contributed by atoms with Crippen LogP contribution in [0.15, 0.2) is 35.1 Å². The average molecular weight is 326 g/mol. The maximum atomic E-state index is 12.2. The second-order valence-electron chi connectivity index (χ2n) is 6.07. The maximum absolute atomic E-state index is 12.2. The van der Waals surface area contributed by atoms with Crippen LogP contribution in [-0.2, 0) is 13.1 Å². The van der Waals surface area contributed by atoms with Crippen molar-refractivity contribution in [2.24, 2.45) is 0 Å². The van der Waals surface area contributed by atoms with Crippen LogP contribution in [-0.4, -0.2) is 30.5 Å². The number of para-hydroxylation sites is 1. The van der Waals surface area contributed by atoms with Crippen LogP contribution in [0.1, 0.15) is 30.7 Å². The molecule has 126 valence electrons. The molecule has 0 saturated carbocycles. The fourth-order valence-electron chi connectivity index (χ4n) is 2.90. The van der Waals surface area contributed by atoms with Crippen molar-refractivity contribution in [3.8, 4) is 0 Å². The Labute approximate surface area is 140 Å². The Morgan fingerprint density at radius 3 is 2.75 bits per heavy atom. The molecule has 0 aliphatic carbocycles. The highest BCUT2D eigenvalue weighted by atomic mass is 16.3. The lowest BCUT2D eigenvalue weighted by Gasteiger charge is -2.15. The van der Waals surface area contributed by atoms with Crippen molar-refractivity contribution in [1.82, 2.24) is 19.3 Å². The van der Waals surface area contributed by atoms with Gasteiger partial charge in [-0.05, 0) is 32.4 Å². The second kappa shape index (κ2) is 6.57. The molecule has 1 aromatic carbocycles. The average Bonchev–Trinajstić information content (AvgIpc) is 2.90. The number of aliphatic hydroxyl groups excluding tert-OH is 1. The van der Waals surface area contributed by atoms with Gasteiger partial charge in [-0.3, -0.25) is 4.79 Å². The molecular weight excluding hydrogens is 304 g/mol. The van der Waals surface area contributed by atoms with E-state index in [0.717, 1.165) is 17.0 Å². The van der Waals surface area contributed by atoms with E-state index < -0.39 is 6.10 Å². The van der Waals surface area contributed by atoms with Gasteiger partial charge >= 0.3 is 0 Å². The molecule has 2 heterocycles. The predicted octanol–water partition coefficient (Wildman–Crippen LogP) is 2.03. The molecule has 1 N–H and O–H groups in total. The highest BCUT2D eigenvalue weighted by Crippen LogP contribution is 2.15. The van der Waals surface area contributed by atoms with E-state index in [0.29, 0.717) is 30.7 Å². The van der Waals surface area contributed by atoms with E-state index in [9.17, 15) is 9.90 Å². The summed E-state index contributed by atoms with van der Waals surface area (Å²) in [7, 11) is 0. The topological polar surface area (TPSA) is 72.9 Å². The first-order valence-corrected chi connectivity index (χ1v) is 8.17. The molecule has 0 bridgehead atoms. The third-order valence-electron chi connectivity index (χ3n) is 4.23. The third-order valence-corrected chi connectivity index (χ3v) is 4.23. The molecule has 0 spiro atoms. The standard InChI is InChI=1S/C18H22N4O2/c1-4-14(23)10-22-18(19-13(3)20-22)11-21-12(2)9-17(24)15-7-5-6-8-16(15)21/h5-9,14,23H,4,10-11H2,1-3H3/t14-/m1/s1. The summed E-state index contributed by atoms with van der Waals surface area (Å²) in [5, 5.41) is 15.0. The van der Waals surface area contributed by atoms with Crippen LogP contribution in [0.4, 0.5) is 0 Å². The summed E-state index contributed by atoms with van der Waals surface area (Å²) in [6.07, 6.45) is 0.218. The van der Waals surface area contributed by atoms with Gasteiger partial charge in [-0.25, -0.2) is 9.67 Å². The van der Waals surface area contributed by atoms with Crippen molar-refractivity contribution in [2.45, 2.75) is 46.4 Å². The van der Waals surface area contributed by atoms with E-state index in [2.05, 4.69) is 14.6 Å². The minimum atomic E-state index is -0.447. The quantitative estimate of drug-likeness (QED) is 0.778. The summed E-state index contributed by atoms with van der Waals surface area (Å²) in [4.78, 5) is 16.7. The fourth-order valence-corrected chi connectivity index (χ4v) is 2.90. The minimum absolute atomic E-state index is 0.0263. The maximum Gasteiger partial charge on any atom is 0.189 e. The highest BCUT2D eigenvalue weighted by Gasteiger charge is 2.14. The van der Waals surface area contributed by atoms with Crippen molar-refractivity contribution in [3.05, 3.63) is 57.9 Å². The van der Waals surface area contributed by atoms with Gasteiger partial charge in [0.1, 0.15) is 11.6 Å². The van der Waals surface area contributed by atoms with Crippen molar-refractivity contribution in [2.75, 3.05) is 0 Å². The summed E-state index contributed by atoms with van der Waals surface area (Å²) >= 11 is 0. The largest absolute Gasteiger partial charge is 0.391 e. The summed E-state index contributed by atoms with van der Waals surface area (Å²) in [5.41, 5.74) is 1.78. The van der Waals surface area contributed by atoms with E-state index in [1.807, 2.05) is 45.0 Å². The third kappa shape index (κ3) is 3.10. The molecular formula is C18H22N4O2. The van der Waals surface area contributed by atoms with Crippen LogP contribution < -0.4 is 5.43 Å². The van der Waals surface area contributed by atoms with Crippen molar-refractivity contribution < 1.29 is 5.11 Å². The molecule has 6 heteroatoms. The summed E-state index contributed by atoms with van der Waals surface area (Å²) in [6, 6.07) is 9.22. The molecule has 0 aliphatic heterocycles. The van der Waals surface area contributed by atoms with Gasteiger partial charge in [-0.2, -0.15) is 5.10 Å². The van der Waals surface area contributed by atoms with Gasteiger partial charge < -0.3 is 9.67 Å². The number of aromatic nitrogens is 4. The molecule has 0 unspecified atom stereocenters. The van der Waals surface area contributed by atoms with Crippen LogP contribution in [0.2, 0.25) is 0 Å². The zero-order chi connectivity index (χ0) is 17.3. The Bertz CT molecular complexity index is 926. The van der Waals surface area contributed by atoms with Crippen LogP contribution in [0, 0.1) is 13.8 Å². The second-order valence-corrected chi connectivity index (χ2v) is 6.07. The molecule has 0 radical (unpaired) electrons. The number of aliphatic hydroxyl groups is 1. The number of aryl methyl sites for hydroxylation is 2. The molecule has 0 saturated heterocycles. The number of benzene rings is 1. The van der Waals surface area contributed by atoms with E-state index in [4.69, 9.17) is 0 Å². The van der Waals surface area contributed by atoms with Crippen LogP contribution in [0.25, 0.3) is 10.9 Å². The number of pyridine rings is 1. The molecule has 3 rings (SSSR count). The smallest absolute Gasteiger partial charge is 0.189 e. The van der Waals surface area contributed by atoms with Crippen molar-refractivity contribution in [1.29, 1.82) is 0 Å². The number of fused-ring (bicyclic) bond motifs is 1. The molecule has 24 heavy (non-hydrogen) atoms. The van der Waals surface area contributed by atoms with E-state index in [1.165, 1.54) is 0 Å². The Balaban J connectivity index is 2.07. The lowest BCUT2D eigenvalue weighted by molar-refractivity contribution is 0.143. The SMILES string of the molecule is CC[C@@H](O)Cn1nc(C)nc1Cn1c(C)cc(=O)c2ccccc21. The first-order valence-electron chi connectivity index (χ1n) is 8.17.